The first-order chi connectivity index (χ1) is 5.74. The summed E-state index contributed by atoms with van der Waals surface area (Å²) in [4.78, 5) is 12.5. The molecule has 0 amide bonds. The molecule has 0 fully saturated rings. The topological polar surface area (TPSA) is 26.3 Å². The molecule has 2 nitrogen and oxygen atoms in total. The summed E-state index contributed by atoms with van der Waals surface area (Å²) in [6, 6.07) is 2.15. The fourth-order valence-corrected chi connectivity index (χ4v) is 2.01. The Bertz CT molecular complexity index is 246. The minimum Gasteiger partial charge on any atom is -0.468 e. The molecule has 1 aromatic rings. The predicted octanol–water partition coefficient (Wildman–Crippen LogP) is 2.08. The number of carbonyl (C=O) groups is 1. The maximum atomic E-state index is 9.85. The molecule has 0 aliphatic carbocycles. The number of aryl methyl sites for hydroxylation is 2. The molecule has 66 valence electrons. The van der Waals surface area contributed by atoms with E-state index in [0.29, 0.717) is 13.1 Å². The number of hydrogen-bond donors (Lipinski definition) is 0. The summed E-state index contributed by atoms with van der Waals surface area (Å²) < 4.78 is 4.61. The van der Waals surface area contributed by atoms with Gasteiger partial charge in [0.2, 0.25) is 0 Å². The largest absolute Gasteiger partial charge is 0.468 e. The van der Waals surface area contributed by atoms with Gasteiger partial charge in [-0.1, -0.05) is 0 Å². The Morgan fingerprint density at radius 3 is 2.83 bits per heavy atom. The van der Waals surface area contributed by atoms with Crippen molar-refractivity contribution >= 4 is 17.8 Å². The van der Waals surface area contributed by atoms with E-state index in [1.54, 1.807) is 11.3 Å². The molecule has 0 unspecified atom stereocenters. The lowest BCUT2D eigenvalue weighted by atomic mass is 10.2. The summed E-state index contributed by atoms with van der Waals surface area (Å²) in [6.07, 6.45) is 0.831. The van der Waals surface area contributed by atoms with Gasteiger partial charge in [0, 0.05) is 16.2 Å². The predicted molar refractivity (Wildman–Crippen MR) is 49.5 cm³/mol. The average molecular weight is 184 g/mol. The lowest BCUT2D eigenvalue weighted by molar-refractivity contribution is -0.128. The molecule has 3 heteroatoms. The van der Waals surface area contributed by atoms with Crippen LogP contribution in [0.4, 0.5) is 0 Å². The molecule has 0 spiro atoms. The van der Waals surface area contributed by atoms with Crippen LogP contribution in [-0.2, 0) is 16.0 Å². The van der Waals surface area contributed by atoms with Gasteiger partial charge in [-0.3, -0.25) is 4.79 Å². The molecular weight excluding hydrogens is 172 g/mol. The molecule has 0 saturated heterocycles. The molecule has 1 rings (SSSR count). The molecule has 0 N–H and O–H groups in total. The molecule has 0 radical (unpaired) electrons. The van der Waals surface area contributed by atoms with E-state index >= 15 is 0 Å². The zero-order valence-electron chi connectivity index (χ0n) is 7.29. The molecular formula is C9H12O2S. The van der Waals surface area contributed by atoms with Crippen LogP contribution in [0.2, 0.25) is 0 Å². The lowest BCUT2D eigenvalue weighted by Gasteiger charge is -1.93. The minimum atomic E-state index is 0.489. The van der Waals surface area contributed by atoms with Crippen LogP contribution >= 0.6 is 11.3 Å². The molecule has 1 heterocycles. The third-order valence-corrected chi connectivity index (χ3v) is 2.96. The molecule has 0 bridgehead atoms. The molecule has 0 saturated carbocycles. The molecule has 12 heavy (non-hydrogen) atoms. The van der Waals surface area contributed by atoms with Crippen molar-refractivity contribution in [2.75, 3.05) is 6.61 Å². The van der Waals surface area contributed by atoms with E-state index in [9.17, 15) is 4.79 Å². The second kappa shape index (κ2) is 4.26. The summed E-state index contributed by atoms with van der Waals surface area (Å²) in [5, 5.41) is 0. The van der Waals surface area contributed by atoms with Gasteiger partial charge in [-0.15, -0.1) is 11.3 Å². The quantitative estimate of drug-likeness (QED) is 0.529. The summed E-state index contributed by atoms with van der Waals surface area (Å²) in [5.74, 6) is 0. The van der Waals surface area contributed by atoms with Gasteiger partial charge in [-0.25, -0.2) is 0 Å². The van der Waals surface area contributed by atoms with E-state index < -0.39 is 0 Å². The summed E-state index contributed by atoms with van der Waals surface area (Å²) in [6.45, 7) is 5.18. The summed E-state index contributed by atoms with van der Waals surface area (Å²) >= 11 is 1.77. The normalized spacial score (nSPS) is 9.83. The standard InChI is InChI=1S/C9H12O2S/c1-7-5-9(12-8(7)2)3-4-11-6-10/h5-6H,3-4H2,1-2H3. The third kappa shape index (κ3) is 2.34. The maximum Gasteiger partial charge on any atom is 0.293 e. The Balaban J connectivity index is 2.47. The van der Waals surface area contributed by atoms with Crippen LogP contribution in [0.1, 0.15) is 15.3 Å². The van der Waals surface area contributed by atoms with E-state index in [4.69, 9.17) is 0 Å². The Labute approximate surface area is 76.2 Å². The monoisotopic (exact) mass is 184 g/mol. The lowest BCUT2D eigenvalue weighted by Crippen LogP contribution is -1.93. The Morgan fingerprint density at radius 2 is 2.33 bits per heavy atom. The molecule has 0 aliphatic rings. The molecule has 1 aromatic heterocycles. The van der Waals surface area contributed by atoms with Crippen LogP contribution in [0.15, 0.2) is 6.07 Å². The first-order valence-electron chi connectivity index (χ1n) is 3.85. The highest BCUT2D eigenvalue weighted by atomic mass is 32.1. The first kappa shape index (κ1) is 9.26. The van der Waals surface area contributed by atoms with E-state index in [-0.39, 0.29) is 0 Å². The van der Waals surface area contributed by atoms with Crippen molar-refractivity contribution in [3.63, 3.8) is 0 Å². The molecule has 0 aromatic carbocycles. The van der Waals surface area contributed by atoms with Gasteiger partial charge in [0.05, 0.1) is 6.61 Å². The Kier molecular flexibility index (Phi) is 3.29. The SMILES string of the molecule is Cc1cc(CCOC=O)sc1C. The van der Waals surface area contributed by atoms with Crippen LogP contribution in [0.25, 0.3) is 0 Å². The second-order valence-corrected chi connectivity index (χ2v) is 4.01. The zero-order valence-corrected chi connectivity index (χ0v) is 8.11. The highest BCUT2D eigenvalue weighted by Gasteiger charge is 2.00. The highest BCUT2D eigenvalue weighted by molar-refractivity contribution is 7.12. The average Bonchev–Trinajstić information content (AvgIpc) is 2.32. The second-order valence-electron chi connectivity index (χ2n) is 2.67. The van der Waals surface area contributed by atoms with Gasteiger partial charge in [-0.2, -0.15) is 0 Å². The number of ether oxygens (including phenoxy) is 1. The van der Waals surface area contributed by atoms with Crippen LogP contribution in [0.3, 0.4) is 0 Å². The number of thiophene rings is 1. The van der Waals surface area contributed by atoms with E-state index in [0.717, 1.165) is 6.42 Å². The smallest absolute Gasteiger partial charge is 0.293 e. The molecule has 0 aliphatic heterocycles. The summed E-state index contributed by atoms with van der Waals surface area (Å²) in [5.41, 5.74) is 1.32. The van der Waals surface area contributed by atoms with Gasteiger partial charge in [-0.05, 0) is 25.5 Å². The van der Waals surface area contributed by atoms with Gasteiger partial charge < -0.3 is 4.74 Å². The van der Waals surface area contributed by atoms with Crippen molar-refractivity contribution in [3.8, 4) is 0 Å². The van der Waals surface area contributed by atoms with Crippen molar-refractivity contribution in [1.82, 2.24) is 0 Å². The fraction of sp³-hybridized carbons (Fsp3) is 0.444. The van der Waals surface area contributed by atoms with Gasteiger partial charge in [0.1, 0.15) is 0 Å². The Morgan fingerprint density at radius 1 is 1.58 bits per heavy atom. The van der Waals surface area contributed by atoms with Gasteiger partial charge >= 0.3 is 0 Å². The highest BCUT2D eigenvalue weighted by Crippen LogP contribution is 2.20. The first-order valence-corrected chi connectivity index (χ1v) is 4.67. The van der Waals surface area contributed by atoms with Gasteiger partial charge in [0.15, 0.2) is 0 Å². The molecule has 0 atom stereocenters. The fourth-order valence-electron chi connectivity index (χ4n) is 0.981. The van der Waals surface area contributed by atoms with E-state index in [2.05, 4.69) is 24.7 Å². The minimum absolute atomic E-state index is 0.489. The van der Waals surface area contributed by atoms with Crippen molar-refractivity contribution in [3.05, 3.63) is 21.4 Å². The maximum absolute atomic E-state index is 9.85. The zero-order chi connectivity index (χ0) is 8.97. The van der Waals surface area contributed by atoms with Gasteiger partial charge in [0.25, 0.3) is 6.47 Å². The van der Waals surface area contributed by atoms with Crippen LogP contribution in [-0.4, -0.2) is 13.1 Å². The van der Waals surface area contributed by atoms with Crippen molar-refractivity contribution in [2.24, 2.45) is 0 Å². The van der Waals surface area contributed by atoms with E-state index in [1.807, 2.05) is 0 Å². The number of carbonyl (C=O) groups excluding carboxylic acids is 1. The number of rotatable bonds is 4. The van der Waals surface area contributed by atoms with Crippen LogP contribution in [0.5, 0.6) is 0 Å². The van der Waals surface area contributed by atoms with E-state index in [1.165, 1.54) is 15.3 Å². The van der Waals surface area contributed by atoms with Crippen molar-refractivity contribution < 1.29 is 9.53 Å². The van der Waals surface area contributed by atoms with Crippen LogP contribution < -0.4 is 0 Å². The van der Waals surface area contributed by atoms with Crippen molar-refractivity contribution in [2.45, 2.75) is 20.3 Å². The third-order valence-electron chi connectivity index (χ3n) is 1.75. The number of hydrogen-bond acceptors (Lipinski definition) is 3. The van der Waals surface area contributed by atoms with Crippen LogP contribution in [0, 0.1) is 13.8 Å². The van der Waals surface area contributed by atoms with Crippen molar-refractivity contribution in [1.29, 1.82) is 0 Å². The summed E-state index contributed by atoms with van der Waals surface area (Å²) in [7, 11) is 0. The Hall–Kier alpha value is -0.830.